The Morgan fingerprint density at radius 2 is 1.75 bits per heavy atom. The Balaban J connectivity index is 0.00000225. The molecule has 0 fully saturated rings. The van der Waals surface area contributed by atoms with Gasteiger partial charge in [-0.2, -0.15) is 0 Å². The summed E-state index contributed by atoms with van der Waals surface area (Å²) in [5, 5.41) is 0. The smallest absolute Gasteiger partial charge is 0.164 e. The lowest BCUT2D eigenvalue weighted by molar-refractivity contribution is 0.345. The molecule has 1 aromatic carbocycles. The Bertz CT molecular complexity index is 331. The largest absolute Gasteiger partial charge is 0.497 e. The van der Waals surface area contributed by atoms with E-state index in [-0.39, 0.29) is 12.4 Å². The van der Waals surface area contributed by atoms with Gasteiger partial charge in [0.15, 0.2) is 11.5 Å². The molecule has 92 valence electrons. The second-order valence-electron chi connectivity index (χ2n) is 3.06. The summed E-state index contributed by atoms with van der Waals surface area (Å²) in [6, 6.07) is 3.70. The van der Waals surface area contributed by atoms with Crippen molar-refractivity contribution >= 4 is 12.4 Å². The third kappa shape index (κ3) is 3.18. The van der Waals surface area contributed by atoms with Crippen LogP contribution in [0.15, 0.2) is 12.1 Å². The standard InChI is InChI=1S/C11H17NO3.ClH/c1-13-9-6-8(4-5-12)11(15-3)10(7-9)14-2;/h6-7H,4-5,12H2,1-3H3;1H. The van der Waals surface area contributed by atoms with Gasteiger partial charge in [-0.15, -0.1) is 12.4 Å². The van der Waals surface area contributed by atoms with Crippen LogP contribution in [0, 0.1) is 0 Å². The summed E-state index contributed by atoms with van der Waals surface area (Å²) in [6.45, 7) is 0.562. The van der Waals surface area contributed by atoms with Crippen LogP contribution in [0.2, 0.25) is 0 Å². The Morgan fingerprint density at radius 1 is 1.06 bits per heavy atom. The normalized spacial score (nSPS) is 9.25. The fourth-order valence-corrected chi connectivity index (χ4v) is 1.47. The van der Waals surface area contributed by atoms with E-state index in [0.29, 0.717) is 12.3 Å². The monoisotopic (exact) mass is 247 g/mol. The minimum Gasteiger partial charge on any atom is -0.497 e. The van der Waals surface area contributed by atoms with E-state index >= 15 is 0 Å². The Kier molecular flexibility index (Phi) is 6.69. The van der Waals surface area contributed by atoms with E-state index in [1.54, 1.807) is 27.4 Å². The van der Waals surface area contributed by atoms with Crippen molar-refractivity contribution < 1.29 is 14.2 Å². The number of methoxy groups -OCH3 is 3. The number of ether oxygens (including phenoxy) is 3. The van der Waals surface area contributed by atoms with Crippen molar-refractivity contribution in [1.82, 2.24) is 0 Å². The van der Waals surface area contributed by atoms with Crippen molar-refractivity contribution in [2.24, 2.45) is 5.73 Å². The molecule has 5 heteroatoms. The van der Waals surface area contributed by atoms with E-state index in [1.807, 2.05) is 6.07 Å². The van der Waals surface area contributed by atoms with Crippen LogP contribution in [0.3, 0.4) is 0 Å². The lowest BCUT2D eigenvalue weighted by Crippen LogP contribution is -2.05. The van der Waals surface area contributed by atoms with Crippen LogP contribution in [0.1, 0.15) is 5.56 Å². The first-order valence-corrected chi connectivity index (χ1v) is 4.75. The molecule has 0 spiro atoms. The Hall–Kier alpha value is -1.13. The van der Waals surface area contributed by atoms with E-state index < -0.39 is 0 Å². The van der Waals surface area contributed by atoms with Crippen LogP contribution in [0.25, 0.3) is 0 Å². The van der Waals surface area contributed by atoms with Gasteiger partial charge < -0.3 is 19.9 Å². The molecular formula is C11H18ClNO3. The van der Waals surface area contributed by atoms with Gasteiger partial charge in [-0.25, -0.2) is 0 Å². The molecule has 1 aromatic rings. The van der Waals surface area contributed by atoms with Gasteiger partial charge in [0.25, 0.3) is 0 Å². The highest BCUT2D eigenvalue weighted by Gasteiger charge is 2.11. The first-order valence-electron chi connectivity index (χ1n) is 4.75. The van der Waals surface area contributed by atoms with Gasteiger partial charge >= 0.3 is 0 Å². The highest BCUT2D eigenvalue weighted by atomic mass is 35.5. The number of halogens is 1. The highest BCUT2D eigenvalue weighted by molar-refractivity contribution is 5.85. The van der Waals surface area contributed by atoms with Gasteiger partial charge in [0.05, 0.1) is 21.3 Å². The van der Waals surface area contributed by atoms with Crippen molar-refractivity contribution in [2.75, 3.05) is 27.9 Å². The SMILES string of the molecule is COc1cc(CCN)c(OC)c(OC)c1.Cl. The van der Waals surface area contributed by atoms with E-state index in [0.717, 1.165) is 23.5 Å². The summed E-state index contributed by atoms with van der Waals surface area (Å²) in [4.78, 5) is 0. The summed E-state index contributed by atoms with van der Waals surface area (Å²) in [5.74, 6) is 2.14. The van der Waals surface area contributed by atoms with E-state index in [2.05, 4.69) is 0 Å². The Labute approximate surface area is 102 Å². The zero-order valence-corrected chi connectivity index (χ0v) is 10.6. The number of hydrogen-bond donors (Lipinski definition) is 1. The molecule has 4 nitrogen and oxygen atoms in total. The van der Waals surface area contributed by atoms with E-state index in [9.17, 15) is 0 Å². The lowest BCUT2D eigenvalue weighted by atomic mass is 10.1. The van der Waals surface area contributed by atoms with Crippen LogP contribution in [0.5, 0.6) is 17.2 Å². The maximum Gasteiger partial charge on any atom is 0.164 e. The number of nitrogens with two attached hydrogens (primary N) is 1. The quantitative estimate of drug-likeness (QED) is 0.860. The van der Waals surface area contributed by atoms with E-state index in [1.165, 1.54) is 0 Å². The molecule has 0 radical (unpaired) electrons. The van der Waals surface area contributed by atoms with Gasteiger partial charge in [-0.05, 0) is 19.0 Å². The predicted octanol–water partition coefficient (Wildman–Crippen LogP) is 1.64. The average molecular weight is 248 g/mol. The second kappa shape index (κ2) is 7.19. The molecule has 16 heavy (non-hydrogen) atoms. The summed E-state index contributed by atoms with van der Waals surface area (Å²) >= 11 is 0. The molecule has 0 saturated heterocycles. The summed E-state index contributed by atoms with van der Waals surface area (Å²) in [6.07, 6.45) is 0.733. The molecule has 0 aromatic heterocycles. The van der Waals surface area contributed by atoms with Gasteiger partial charge in [0.1, 0.15) is 5.75 Å². The molecule has 0 heterocycles. The van der Waals surface area contributed by atoms with Crippen molar-refractivity contribution in [3.05, 3.63) is 17.7 Å². The zero-order valence-electron chi connectivity index (χ0n) is 9.78. The fraction of sp³-hybridized carbons (Fsp3) is 0.455. The molecule has 1 rings (SSSR count). The molecule has 2 N–H and O–H groups in total. The third-order valence-corrected chi connectivity index (χ3v) is 2.18. The highest BCUT2D eigenvalue weighted by Crippen LogP contribution is 2.35. The summed E-state index contributed by atoms with van der Waals surface area (Å²) in [7, 11) is 4.83. The molecule has 0 unspecified atom stereocenters. The van der Waals surface area contributed by atoms with Crippen LogP contribution in [-0.2, 0) is 6.42 Å². The first-order chi connectivity index (χ1) is 7.26. The minimum atomic E-state index is 0. The molecular weight excluding hydrogens is 230 g/mol. The zero-order chi connectivity index (χ0) is 11.3. The number of benzene rings is 1. The summed E-state index contributed by atoms with van der Waals surface area (Å²) in [5.41, 5.74) is 6.53. The Morgan fingerprint density at radius 3 is 2.19 bits per heavy atom. The molecule has 0 atom stereocenters. The third-order valence-electron chi connectivity index (χ3n) is 2.18. The maximum atomic E-state index is 5.53. The maximum absolute atomic E-state index is 5.53. The van der Waals surface area contributed by atoms with Crippen molar-refractivity contribution in [3.63, 3.8) is 0 Å². The topological polar surface area (TPSA) is 53.7 Å². The molecule has 0 aliphatic heterocycles. The molecule has 0 saturated carbocycles. The van der Waals surface area contributed by atoms with Crippen LogP contribution in [0.4, 0.5) is 0 Å². The van der Waals surface area contributed by atoms with Crippen LogP contribution >= 0.6 is 12.4 Å². The minimum absolute atomic E-state index is 0. The second-order valence-corrected chi connectivity index (χ2v) is 3.06. The molecule has 0 bridgehead atoms. The van der Waals surface area contributed by atoms with Gasteiger partial charge in [0, 0.05) is 11.6 Å². The number of hydrogen-bond acceptors (Lipinski definition) is 4. The van der Waals surface area contributed by atoms with Gasteiger partial charge in [0.2, 0.25) is 0 Å². The fourth-order valence-electron chi connectivity index (χ4n) is 1.47. The molecule has 0 amide bonds. The van der Waals surface area contributed by atoms with Gasteiger partial charge in [-0.3, -0.25) is 0 Å². The van der Waals surface area contributed by atoms with Crippen molar-refractivity contribution in [3.8, 4) is 17.2 Å². The lowest BCUT2D eigenvalue weighted by Gasteiger charge is -2.14. The van der Waals surface area contributed by atoms with Crippen LogP contribution < -0.4 is 19.9 Å². The molecule has 0 aliphatic rings. The number of rotatable bonds is 5. The van der Waals surface area contributed by atoms with Crippen molar-refractivity contribution in [1.29, 1.82) is 0 Å². The molecule has 0 aliphatic carbocycles. The van der Waals surface area contributed by atoms with Crippen LogP contribution in [-0.4, -0.2) is 27.9 Å². The first kappa shape index (κ1) is 14.9. The van der Waals surface area contributed by atoms with E-state index in [4.69, 9.17) is 19.9 Å². The van der Waals surface area contributed by atoms with Crippen molar-refractivity contribution in [2.45, 2.75) is 6.42 Å². The predicted molar refractivity (Wildman–Crippen MR) is 66.1 cm³/mol. The van der Waals surface area contributed by atoms with Gasteiger partial charge in [-0.1, -0.05) is 0 Å². The summed E-state index contributed by atoms with van der Waals surface area (Å²) < 4.78 is 15.7. The average Bonchev–Trinajstić information content (AvgIpc) is 2.28.